The molecule has 0 unspecified atom stereocenters. The van der Waals surface area contributed by atoms with Gasteiger partial charge in [-0.1, -0.05) is 5.10 Å². The van der Waals surface area contributed by atoms with Crippen LogP contribution in [0.1, 0.15) is 12.6 Å². The maximum atomic E-state index is 12.6. The number of halogens is 1. The molecule has 0 spiro atoms. The molecule has 0 bridgehead atoms. The first-order chi connectivity index (χ1) is 10.0. The first-order valence-electron chi connectivity index (χ1n) is 6.31. The molecule has 7 nitrogen and oxygen atoms in total. The Balaban J connectivity index is 2.41. The summed E-state index contributed by atoms with van der Waals surface area (Å²) in [5.74, 6) is 0.110. The Morgan fingerprint density at radius 1 is 1.43 bits per heavy atom. The Hall–Kier alpha value is -2.22. The van der Waals surface area contributed by atoms with E-state index in [1.165, 1.54) is 0 Å². The Morgan fingerprint density at radius 2 is 2.19 bits per heavy atom. The van der Waals surface area contributed by atoms with Gasteiger partial charge in [0.15, 0.2) is 0 Å². The summed E-state index contributed by atoms with van der Waals surface area (Å²) >= 11 is 3.40. The van der Waals surface area contributed by atoms with Crippen LogP contribution in [0.4, 0.5) is 6.01 Å². The normalized spacial score (nSPS) is 11.2. The molecule has 0 radical (unpaired) electrons. The van der Waals surface area contributed by atoms with Crippen molar-refractivity contribution in [1.82, 2.24) is 19.7 Å². The fourth-order valence-electron chi connectivity index (χ4n) is 2.11. The number of nitrogens with zero attached hydrogens (tertiary/aromatic N) is 4. The predicted molar refractivity (Wildman–Crippen MR) is 81.8 cm³/mol. The molecule has 0 aliphatic heterocycles. The van der Waals surface area contributed by atoms with Crippen molar-refractivity contribution in [2.45, 2.75) is 20.4 Å². The van der Waals surface area contributed by atoms with E-state index in [1.807, 2.05) is 18.4 Å². The van der Waals surface area contributed by atoms with Crippen LogP contribution in [0.25, 0.3) is 22.5 Å². The minimum atomic E-state index is -0.216. The lowest BCUT2D eigenvalue weighted by Gasteiger charge is -2.10. The molecule has 2 N–H and O–H groups in total. The average Bonchev–Trinajstić information content (AvgIpc) is 2.88. The quantitative estimate of drug-likeness (QED) is 0.760. The van der Waals surface area contributed by atoms with E-state index < -0.39 is 0 Å². The van der Waals surface area contributed by atoms with E-state index in [4.69, 9.17) is 10.2 Å². The van der Waals surface area contributed by atoms with Gasteiger partial charge >= 0.3 is 6.01 Å². The van der Waals surface area contributed by atoms with E-state index in [0.717, 1.165) is 10.2 Å². The summed E-state index contributed by atoms with van der Waals surface area (Å²) in [4.78, 5) is 17.1. The molecule has 0 atom stereocenters. The lowest BCUT2D eigenvalue weighted by atomic mass is 10.2. The highest BCUT2D eigenvalue weighted by atomic mass is 79.9. The lowest BCUT2D eigenvalue weighted by molar-refractivity contribution is 0.588. The highest BCUT2D eigenvalue weighted by molar-refractivity contribution is 9.10. The van der Waals surface area contributed by atoms with Crippen LogP contribution >= 0.6 is 15.9 Å². The zero-order valence-electron chi connectivity index (χ0n) is 11.4. The first kappa shape index (κ1) is 13.7. The molecule has 0 aliphatic carbocycles. The third-order valence-electron chi connectivity index (χ3n) is 3.19. The summed E-state index contributed by atoms with van der Waals surface area (Å²) in [6.07, 6.45) is 1.66. The highest BCUT2D eigenvalue weighted by Gasteiger charge is 2.17. The SMILES string of the molecule is CCn1cc(-c2nnc(N)o2)c(=O)c2cc(Br)c(C)nc21. The van der Waals surface area contributed by atoms with Crippen LogP contribution in [0.15, 0.2) is 25.9 Å². The second kappa shape index (κ2) is 4.96. The lowest BCUT2D eigenvalue weighted by Crippen LogP contribution is -2.13. The highest BCUT2D eigenvalue weighted by Crippen LogP contribution is 2.22. The zero-order chi connectivity index (χ0) is 15.1. The maximum absolute atomic E-state index is 12.6. The molecule has 0 amide bonds. The summed E-state index contributed by atoms with van der Waals surface area (Å²) in [6.45, 7) is 4.50. The number of nitrogen functional groups attached to an aromatic ring is 1. The van der Waals surface area contributed by atoms with Gasteiger partial charge in [-0.25, -0.2) is 4.98 Å². The summed E-state index contributed by atoms with van der Waals surface area (Å²) < 4.78 is 7.80. The van der Waals surface area contributed by atoms with Crippen LogP contribution in [-0.2, 0) is 6.54 Å². The number of anilines is 1. The van der Waals surface area contributed by atoms with Crippen LogP contribution in [0.3, 0.4) is 0 Å². The Labute approximate surface area is 127 Å². The second-order valence-electron chi connectivity index (χ2n) is 4.53. The summed E-state index contributed by atoms with van der Waals surface area (Å²) in [5.41, 5.74) is 6.96. The van der Waals surface area contributed by atoms with E-state index >= 15 is 0 Å². The van der Waals surface area contributed by atoms with E-state index in [-0.39, 0.29) is 17.3 Å². The summed E-state index contributed by atoms with van der Waals surface area (Å²) in [6, 6.07) is 1.69. The van der Waals surface area contributed by atoms with E-state index in [2.05, 4.69) is 31.1 Å². The van der Waals surface area contributed by atoms with Gasteiger partial charge in [0.1, 0.15) is 11.2 Å². The summed E-state index contributed by atoms with van der Waals surface area (Å²) in [5, 5.41) is 7.86. The van der Waals surface area contributed by atoms with E-state index in [9.17, 15) is 4.79 Å². The molecular weight excluding hydrogens is 338 g/mol. The predicted octanol–water partition coefficient (Wildman–Crippen LogP) is 2.12. The van der Waals surface area contributed by atoms with Crippen molar-refractivity contribution in [2.24, 2.45) is 0 Å². The Bertz CT molecular complexity index is 899. The second-order valence-corrected chi connectivity index (χ2v) is 5.38. The van der Waals surface area contributed by atoms with Gasteiger partial charge in [0, 0.05) is 17.2 Å². The van der Waals surface area contributed by atoms with Gasteiger partial charge in [0.2, 0.25) is 5.43 Å². The zero-order valence-corrected chi connectivity index (χ0v) is 13.0. The average molecular weight is 350 g/mol. The van der Waals surface area contributed by atoms with Gasteiger partial charge < -0.3 is 14.7 Å². The molecular formula is C13H12BrN5O2. The van der Waals surface area contributed by atoms with Crippen molar-refractivity contribution in [3.05, 3.63) is 32.7 Å². The fraction of sp³-hybridized carbons (Fsp3) is 0.231. The van der Waals surface area contributed by atoms with Gasteiger partial charge in [-0.15, -0.1) is 5.10 Å². The van der Waals surface area contributed by atoms with Gasteiger partial charge in [-0.05, 0) is 35.8 Å². The van der Waals surface area contributed by atoms with E-state index in [0.29, 0.717) is 23.1 Å². The van der Waals surface area contributed by atoms with Crippen molar-refractivity contribution in [1.29, 1.82) is 0 Å². The molecule has 0 saturated heterocycles. The standard InChI is InChI=1S/C13H12BrN5O2/c1-3-19-5-8(12-17-18-13(15)21-12)10(20)7-4-9(14)6(2)16-11(7)19/h4-5H,3H2,1-2H3,(H2,15,18). The number of hydrogen-bond donors (Lipinski definition) is 1. The van der Waals surface area contributed by atoms with Crippen LogP contribution in [0, 0.1) is 6.92 Å². The number of rotatable bonds is 2. The van der Waals surface area contributed by atoms with Crippen molar-refractivity contribution < 1.29 is 4.42 Å². The van der Waals surface area contributed by atoms with Gasteiger partial charge in [0.25, 0.3) is 5.89 Å². The third-order valence-corrected chi connectivity index (χ3v) is 3.99. The number of aryl methyl sites for hydroxylation is 2. The Kier molecular flexibility index (Phi) is 3.25. The molecule has 8 heteroatoms. The fourth-order valence-corrected chi connectivity index (χ4v) is 2.43. The van der Waals surface area contributed by atoms with Gasteiger partial charge in [0.05, 0.1) is 11.1 Å². The largest absolute Gasteiger partial charge is 0.403 e. The van der Waals surface area contributed by atoms with Crippen LogP contribution in [-0.4, -0.2) is 19.7 Å². The Morgan fingerprint density at radius 3 is 2.81 bits per heavy atom. The number of nitrogens with two attached hydrogens (primary N) is 1. The molecule has 0 aromatic carbocycles. The number of pyridine rings is 2. The van der Waals surface area contributed by atoms with Gasteiger partial charge in [-0.2, -0.15) is 0 Å². The maximum Gasteiger partial charge on any atom is 0.313 e. The smallest absolute Gasteiger partial charge is 0.313 e. The van der Waals surface area contributed by atoms with Crippen LogP contribution < -0.4 is 11.2 Å². The molecule has 108 valence electrons. The third kappa shape index (κ3) is 2.21. The number of fused-ring (bicyclic) bond motifs is 1. The van der Waals surface area contributed by atoms with Crippen molar-refractivity contribution in [2.75, 3.05) is 5.73 Å². The monoisotopic (exact) mass is 349 g/mol. The molecule has 3 heterocycles. The summed E-state index contributed by atoms with van der Waals surface area (Å²) in [7, 11) is 0. The van der Waals surface area contributed by atoms with E-state index in [1.54, 1.807) is 12.3 Å². The number of aromatic nitrogens is 4. The van der Waals surface area contributed by atoms with Crippen LogP contribution in [0.2, 0.25) is 0 Å². The molecule has 3 aromatic heterocycles. The minimum absolute atomic E-state index is 0.0734. The van der Waals surface area contributed by atoms with Crippen molar-refractivity contribution in [3.8, 4) is 11.5 Å². The minimum Gasteiger partial charge on any atom is -0.403 e. The molecule has 0 aliphatic rings. The molecule has 0 saturated carbocycles. The number of hydrogen-bond acceptors (Lipinski definition) is 6. The van der Waals surface area contributed by atoms with Crippen LogP contribution in [0.5, 0.6) is 0 Å². The molecule has 3 rings (SSSR count). The molecule has 21 heavy (non-hydrogen) atoms. The van der Waals surface area contributed by atoms with Crippen molar-refractivity contribution >= 4 is 33.0 Å². The molecule has 0 fully saturated rings. The van der Waals surface area contributed by atoms with Crippen molar-refractivity contribution in [3.63, 3.8) is 0 Å². The first-order valence-corrected chi connectivity index (χ1v) is 7.10. The van der Waals surface area contributed by atoms with Gasteiger partial charge in [-0.3, -0.25) is 4.79 Å². The molecule has 3 aromatic rings. The topological polar surface area (TPSA) is 99.8 Å².